The van der Waals surface area contributed by atoms with Crippen LogP contribution < -0.4 is 10.2 Å². The molecule has 0 amide bonds. The highest BCUT2D eigenvalue weighted by atomic mass is 15.4. The number of rotatable bonds is 4. The maximum absolute atomic E-state index is 4.60. The molecule has 3 rings (SSSR count). The maximum atomic E-state index is 4.60. The van der Waals surface area contributed by atoms with Crippen molar-refractivity contribution < 1.29 is 0 Å². The second kappa shape index (κ2) is 5.75. The third-order valence-electron chi connectivity index (χ3n) is 4.13. The third kappa shape index (κ3) is 2.75. The van der Waals surface area contributed by atoms with Crippen LogP contribution in [0.5, 0.6) is 0 Å². The van der Waals surface area contributed by atoms with Crippen molar-refractivity contribution in [2.24, 2.45) is 5.92 Å². The maximum Gasteiger partial charge on any atom is 0.178 e. The van der Waals surface area contributed by atoms with Crippen LogP contribution in [0.3, 0.4) is 0 Å². The van der Waals surface area contributed by atoms with Crippen molar-refractivity contribution in [2.75, 3.05) is 31.6 Å². The van der Waals surface area contributed by atoms with E-state index in [1.165, 1.54) is 32.4 Å². The van der Waals surface area contributed by atoms with Crippen LogP contribution in [0.4, 0.5) is 5.82 Å². The Labute approximate surface area is 119 Å². The largest absolute Gasteiger partial charge is 0.358 e. The third-order valence-corrected chi connectivity index (χ3v) is 4.13. The van der Waals surface area contributed by atoms with E-state index in [0.717, 1.165) is 29.8 Å². The number of anilines is 1. The Balaban J connectivity index is 1.65. The highest BCUT2D eigenvalue weighted by Crippen LogP contribution is 2.18. The zero-order chi connectivity index (χ0) is 13.9. The molecule has 0 atom stereocenters. The summed E-state index contributed by atoms with van der Waals surface area (Å²) in [7, 11) is 2.11. The minimum Gasteiger partial charge on any atom is -0.358 e. The summed E-state index contributed by atoms with van der Waals surface area (Å²) in [4.78, 5) is 2.22. The quantitative estimate of drug-likeness (QED) is 0.909. The predicted molar refractivity (Wildman–Crippen MR) is 79.0 cm³/mol. The molecule has 0 unspecified atom stereocenters. The van der Waals surface area contributed by atoms with Gasteiger partial charge in [-0.2, -0.15) is 4.52 Å². The summed E-state index contributed by atoms with van der Waals surface area (Å²) in [5, 5.41) is 16.1. The van der Waals surface area contributed by atoms with Gasteiger partial charge in [-0.25, -0.2) is 0 Å². The predicted octanol–water partition coefficient (Wildman–Crippen LogP) is 1.26. The van der Waals surface area contributed by atoms with Crippen molar-refractivity contribution in [3.05, 3.63) is 18.0 Å². The van der Waals surface area contributed by atoms with Crippen LogP contribution in [0.2, 0.25) is 0 Å². The Morgan fingerprint density at radius 1 is 1.30 bits per heavy atom. The molecule has 108 valence electrons. The van der Waals surface area contributed by atoms with E-state index < -0.39 is 0 Å². The first kappa shape index (κ1) is 13.3. The summed E-state index contributed by atoms with van der Waals surface area (Å²) in [5.41, 5.74) is 0.804. The van der Waals surface area contributed by atoms with E-state index in [1.54, 1.807) is 4.52 Å². The normalized spacial score (nSPS) is 16.7. The van der Waals surface area contributed by atoms with Gasteiger partial charge in [0.1, 0.15) is 5.82 Å². The number of fused-ring (bicyclic) bond motifs is 1. The number of aromatic nitrogens is 4. The number of hydrogen-bond acceptors (Lipinski definition) is 5. The highest BCUT2D eigenvalue weighted by molar-refractivity contribution is 5.45. The summed E-state index contributed by atoms with van der Waals surface area (Å²) >= 11 is 0. The molecule has 1 aliphatic heterocycles. The molecule has 2 aromatic rings. The first-order chi connectivity index (χ1) is 9.74. The highest BCUT2D eigenvalue weighted by Gasteiger charge is 2.14. The molecule has 0 aliphatic carbocycles. The Morgan fingerprint density at radius 3 is 2.90 bits per heavy atom. The van der Waals surface area contributed by atoms with Crippen molar-refractivity contribution in [2.45, 2.75) is 26.2 Å². The van der Waals surface area contributed by atoms with Gasteiger partial charge < -0.3 is 10.2 Å². The molecular formula is C14H22N6. The zero-order valence-corrected chi connectivity index (χ0v) is 12.2. The van der Waals surface area contributed by atoms with E-state index in [9.17, 15) is 0 Å². The number of aryl methyl sites for hydroxylation is 1. The van der Waals surface area contributed by atoms with E-state index in [1.807, 2.05) is 19.1 Å². The Kier molecular flexibility index (Phi) is 3.82. The summed E-state index contributed by atoms with van der Waals surface area (Å²) in [6, 6.07) is 4.00. The average Bonchev–Trinajstić information content (AvgIpc) is 2.87. The molecule has 0 spiro atoms. The van der Waals surface area contributed by atoms with Gasteiger partial charge in [0.2, 0.25) is 0 Å². The monoisotopic (exact) mass is 274 g/mol. The van der Waals surface area contributed by atoms with Gasteiger partial charge in [-0.1, -0.05) is 0 Å². The summed E-state index contributed by atoms with van der Waals surface area (Å²) in [5.74, 6) is 2.65. The van der Waals surface area contributed by atoms with Gasteiger partial charge in [0.15, 0.2) is 11.5 Å². The molecule has 3 heterocycles. The van der Waals surface area contributed by atoms with Gasteiger partial charge >= 0.3 is 0 Å². The van der Waals surface area contributed by atoms with Crippen LogP contribution in [0.15, 0.2) is 12.1 Å². The first-order valence-electron chi connectivity index (χ1n) is 7.35. The van der Waals surface area contributed by atoms with E-state index in [-0.39, 0.29) is 0 Å². The molecule has 0 saturated carbocycles. The van der Waals surface area contributed by atoms with Gasteiger partial charge in [0.25, 0.3) is 0 Å². The molecule has 0 bridgehead atoms. The van der Waals surface area contributed by atoms with Gasteiger partial charge in [-0.3, -0.25) is 0 Å². The fraction of sp³-hybridized carbons (Fsp3) is 0.643. The minimum absolute atomic E-state index is 0.804. The minimum atomic E-state index is 0.804. The molecule has 1 saturated heterocycles. The lowest BCUT2D eigenvalue weighted by molar-refractivity contribution is 0.356. The van der Waals surface area contributed by atoms with Crippen LogP contribution in [-0.4, -0.2) is 46.5 Å². The fourth-order valence-electron chi connectivity index (χ4n) is 2.75. The molecule has 0 radical (unpaired) electrons. The Bertz CT molecular complexity index is 572. The summed E-state index contributed by atoms with van der Waals surface area (Å²) < 4.78 is 1.80. The average molecular weight is 274 g/mol. The molecule has 1 fully saturated rings. The number of nitrogens with zero attached hydrogens (tertiary/aromatic N) is 5. The van der Waals surface area contributed by atoms with E-state index in [4.69, 9.17) is 0 Å². The summed E-state index contributed by atoms with van der Waals surface area (Å²) in [6.45, 7) is 5.30. The molecule has 6 heteroatoms. The topological polar surface area (TPSA) is 58.4 Å². The number of piperidine rings is 1. The van der Waals surface area contributed by atoms with E-state index in [2.05, 4.69) is 32.6 Å². The molecule has 0 aromatic carbocycles. The lowest BCUT2D eigenvalue weighted by atomic mass is 9.94. The van der Waals surface area contributed by atoms with Gasteiger partial charge in [0.05, 0.1) is 0 Å². The lowest BCUT2D eigenvalue weighted by Gasteiger charge is -2.25. The molecule has 6 nitrogen and oxygen atoms in total. The number of nitrogens with one attached hydrogen (secondary N) is 1. The van der Waals surface area contributed by atoms with Gasteiger partial charge in [0, 0.05) is 13.6 Å². The standard InChI is InChI=1S/C14H22N6/c1-11-16-17-13-3-4-14(18-20(11)13)19(2)10-7-12-5-8-15-9-6-12/h3-4,12,15H,5-10H2,1-2H3. The molecule has 20 heavy (non-hydrogen) atoms. The molecule has 2 aromatic heterocycles. The van der Waals surface area contributed by atoms with Crippen LogP contribution in [0, 0.1) is 12.8 Å². The second-order valence-corrected chi connectivity index (χ2v) is 5.61. The Morgan fingerprint density at radius 2 is 2.10 bits per heavy atom. The first-order valence-corrected chi connectivity index (χ1v) is 7.35. The smallest absolute Gasteiger partial charge is 0.178 e. The van der Waals surface area contributed by atoms with Crippen LogP contribution >= 0.6 is 0 Å². The van der Waals surface area contributed by atoms with Crippen LogP contribution in [-0.2, 0) is 0 Å². The van der Waals surface area contributed by atoms with Crippen molar-refractivity contribution in [3.8, 4) is 0 Å². The van der Waals surface area contributed by atoms with Gasteiger partial charge in [-0.15, -0.1) is 15.3 Å². The van der Waals surface area contributed by atoms with Crippen molar-refractivity contribution in [3.63, 3.8) is 0 Å². The lowest BCUT2D eigenvalue weighted by Crippen LogP contribution is -2.30. The second-order valence-electron chi connectivity index (χ2n) is 5.61. The Hall–Kier alpha value is -1.69. The van der Waals surface area contributed by atoms with Crippen LogP contribution in [0.25, 0.3) is 5.65 Å². The number of hydrogen-bond donors (Lipinski definition) is 1. The SMILES string of the molecule is Cc1nnc2ccc(N(C)CCC3CCNCC3)nn12. The van der Waals surface area contributed by atoms with Gasteiger partial charge in [-0.05, 0) is 57.3 Å². The zero-order valence-electron chi connectivity index (χ0n) is 12.2. The summed E-state index contributed by atoms with van der Waals surface area (Å²) in [6.07, 6.45) is 3.83. The molecular weight excluding hydrogens is 252 g/mol. The van der Waals surface area contributed by atoms with Crippen LogP contribution in [0.1, 0.15) is 25.1 Å². The van der Waals surface area contributed by atoms with E-state index in [0.29, 0.717) is 0 Å². The van der Waals surface area contributed by atoms with E-state index >= 15 is 0 Å². The van der Waals surface area contributed by atoms with Crippen molar-refractivity contribution >= 4 is 11.5 Å². The fourth-order valence-corrected chi connectivity index (χ4v) is 2.75. The molecule has 1 N–H and O–H groups in total. The van der Waals surface area contributed by atoms with Crippen molar-refractivity contribution in [1.29, 1.82) is 0 Å². The molecule has 1 aliphatic rings. The van der Waals surface area contributed by atoms with Crippen molar-refractivity contribution in [1.82, 2.24) is 25.1 Å².